The third-order valence-electron chi connectivity index (χ3n) is 3.90. The van der Waals surface area contributed by atoms with E-state index in [1.807, 2.05) is 6.07 Å². The van der Waals surface area contributed by atoms with Crippen molar-refractivity contribution >= 4 is 16.9 Å². The van der Waals surface area contributed by atoms with Gasteiger partial charge in [0.05, 0.1) is 11.3 Å². The summed E-state index contributed by atoms with van der Waals surface area (Å²) in [5.74, 6) is -1.21. The van der Waals surface area contributed by atoms with Crippen molar-refractivity contribution in [2.75, 3.05) is 0 Å². The van der Waals surface area contributed by atoms with Gasteiger partial charge in [0.1, 0.15) is 5.82 Å². The number of benzene rings is 2. The Hall–Kier alpha value is -2.62. The van der Waals surface area contributed by atoms with Crippen molar-refractivity contribution in [3.63, 3.8) is 0 Å². The first-order valence-corrected chi connectivity index (χ1v) is 6.31. The van der Waals surface area contributed by atoms with Crippen molar-refractivity contribution in [2.24, 2.45) is 0 Å². The molecule has 3 nitrogen and oxygen atoms in total. The van der Waals surface area contributed by atoms with Crippen LogP contribution in [-0.2, 0) is 6.42 Å². The number of aromatic carboxylic acids is 1. The zero-order valence-corrected chi connectivity index (χ0v) is 10.4. The quantitative estimate of drug-likeness (QED) is 0.554. The van der Waals surface area contributed by atoms with Crippen LogP contribution in [0.2, 0.25) is 0 Å². The van der Waals surface area contributed by atoms with Gasteiger partial charge in [-0.15, -0.1) is 0 Å². The molecule has 0 spiro atoms. The molecule has 0 amide bonds. The number of aromatic nitrogens is 1. The van der Waals surface area contributed by atoms with Crippen LogP contribution in [0.5, 0.6) is 0 Å². The fourth-order valence-corrected chi connectivity index (χ4v) is 3.02. The molecule has 3 aromatic rings. The molecule has 0 fully saturated rings. The lowest BCUT2D eigenvalue weighted by Crippen LogP contribution is -2.01. The summed E-state index contributed by atoms with van der Waals surface area (Å²) in [6.07, 6.45) is 0.524. The van der Waals surface area contributed by atoms with Gasteiger partial charge in [-0.05, 0) is 35.4 Å². The maximum Gasteiger partial charge on any atom is 0.335 e. The van der Waals surface area contributed by atoms with E-state index in [0.29, 0.717) is 12.0 Å². The number of nitrogens with one attached hydrogen (secondary N) is 1. The minimum Gasteiger partial charge on any atom is -0.478 e. The van der Waals surface area contributed by atoms with E-state index in [1.54, 1.807) is 18.2 Å². The van der Waals surface area contributed by atoms with Crippen LogP contribution in [0.3, 0.4) is 0 Å². The number of carboxylic acids is 1. The van der Waals surface area contributed by atoms with Crippen LogP contribution in [0.1, 0.15) is 21.5 Å². The summed E-state index contributed by atoms with van der Waals surface area (Å²) in [7, 11) is 0. The summed E-state index contributed by atoms with van der Waals surface area (Å²) in [5, 5.41) is 10.1. The standard InChI is InChI=1S/C16H10FNO2/c17-8-4-5-14-12(6-8)13-7-11-9(15(13)18-14)2-1-3-10(11)16(19)20/h1-6,18H,7H2,(H,19,20). The molecule has 2 N–H and O–H groups in total. The summed E-state index contributed by atoms with van der Waals surface area (Å²) in [6.45, 7) is 0. The Morgan fingerprint density at radius 2 is 2.05 bits per heavy atom. The molecular formula is C16H10FNO2. The van der Waals surface area contributed by atoms with Gasteiger partial charge in [0.2, 0.25) is 0 Å². The number of fused-ring (bicyclic) bond motifs is 5. The molecule has 0 unspecified atom stereocenters. The second-order valence-electron chi connectivity index (χ2n) is 4.98. The number of hydrogen-bond donors (Lipinski definition) is 2. The second-order valence-corrected chi connectivity index (χ2v) is 4.98. The summed E-state index contributed by atoms with van der Waals surface area (Å²) in [6, 6.07) is 9.88. The molecule has 0 radical (unpaired) electrons. The zero-order chi connectivity index (χ0) is 13.9. The van der Waals surface area contributed by atoms with Crippen molar-refractivity contribution < 1.29 is 14.3 Å². The van der Waals surface area contributed by atoms with Gasteiger partial charge < -0.3 is 10.1 Å². The number of rotatable bonds is 1. The predicted octanol–water partition coefficient (Wildman–Crippen LogP) is 3.58. The Labute approximate surface area is 113 Å². The maximum atomic E-state index is 13.4. The van der Waals surface area contributed by atoms with E-state index in [1.165, 1.54) is 12.1 Å². The number of halogens is 1. The third kappa shape index (κ3) is 1.36. The Morgan fingerprint density at radius 1 is 1.20 bits per heavy atom. The van der Waals surface area contributed by atoms with Crippen molar-refractivity contribution in [3.05, 3.63) is 58.9 Å². The number of H-pyrrole nitrogens is 1. The van der Waals surface area contributed by atoms with Crippen LogP contribution in [-0.4, -0.2) is 16.1 Å². The normalized spacial score (nSPS) is 12.4. The van der Waals surface area contributed by atoms with Gasteiger partial charge in [0.25, 0.3) is 0 Å². The minimum absolute atomic E-state index is 0.284. The Balaban J connectivity index is 2.03. The largest absolute Gasteiger partial charge is 0.478 e. The summed E-state index contributed by atoms with van der Waals surface area (Å²) < 4.78 is 13.4. The Bertz CT molecular complexity index is 880. The van der Waals surface area contributed by atoms with E-state index >= 15 is 0 Å². The van der Waals surface area contributed by atoms with Gasteiger partial charge in [-0.1, -0.05) is 12.1 Å². The second kappa shape index (κ2) is 3.70. The van der Waals surface area contributed by atoms with E-state index in [9.17, 15) is 14.3 Å². The van der Waals surface area contributed by atoms with Gasteiger partial charge in [-0.2, -0.15) is 0 Å². The number of carboxylic acid groups (broad SMARTS) is 1. The van der Waals surface area contributed by atoms with Gasteiger partial charge >= 0.3 is 5.97 Å². The van der Waals surface area contributed by atoms with Gasteiger partial charge in [0, 0.05) is 22.9 Å². The molecule has 2 aromatic carbocycles. The molecule has 0 atom stereocenters. The smallest absolute Gasteiger partial charge is 0.335 e. The minimum atomic E-state index is -0.928. The SMILES string of the molecule is O=C(O)c1cccc2c1Cc1c-2[nH]c2ccc(F)cc12. The average Bonchev–Trinajstić information content (AvgIpc) is 2.94. The fraction of sp³-hybridized carbons (Fsp3) is 0.0625. The van der Waals surface area contributed by atoms with E-state index in [-0.39, 0.29) is 5.82 Å². The topological polar surface area (TPSA) is 53.1 Å². The molecular weight excluding hydrogens is 257 g/mol. The molecule has 0 bridgehead atoms. The lowest BCUT2D eigenvalue weighted by molar-refractivity contribution is 0.0696. The molecule has 0 saturated heterocycles. The van der Waals surface area contributed by atoms with Crippen LogP contribution in [0, 0.1) is 5.82 Å². The molecule has 1 aliphatic rings. The zero-order valence-electron chi connectivity index (χ0n) is 10.4. The lowest BCUT2D eigenvalue weighted by Gasteiger charge is -2.04. The summed E-state index contributed by atoms with van der Waals surface area (Å²) in [5.41, 5.74) is 4.77. The van der Waals surface area contributed by atoms with Crippen LogP contribution in [0.25, 0.3) is 22.2 Å². The molecule has 4 rings (SSSR count). The molecule has 98 valence electrons. The van der Waals surface area contributed by atoms with E-state index in [0.717, 1.165) is 33.3 Å². The van der Waals surface area contributed by atoms with E-state index < -0.39 is 5.97 Å². The maximum absolute atomic E-state index is 13.4. The Kier molecular flexibility index (Phi) is 2.07. The molecule has 1 aromatic heterocycles. The molecule has 0 aliphatic heterocycles. The van der Waals surface area contributed by atoms with Crippen molar-refractivity contribution in [1.29, 1.82) is 0 Å². The lowest BCUT2D eigenvalue weighted by atomic mass is 10.0. The predicted molar refractivity (Wildman–Crippen MR) is 73.5 cm³/mol. The van der Waals surface area contributed by atoms with E-state index in [2.05, 4.69) is 4.98 Å². The van der Waals surface area contributed by atoms with Gasteiger partial charge in [0.15, 0.2) is 0 Å². The summed E-state index contributed by atoms with van der Waals surface area (Å²) in [4.78, 5) is 14.5. The molecule has 0 saturated carbocycles. The highest BCUT2D eigenvalue weighted by molar-refractivity contribution is 5.99. The molecule has 1 heterocycles. The third-order valence-corrected chi connectivity index (χ3v) is 3.90. The number of carbonyl (C=O) groups is 1. The fourth-order valence-electron chi connectivity index (χ4n) is 3.02. The summed E-state index contributed by atoms with van der Waals surface area (Å²) >= 11 is 0. The molecule has 1 aliphatic carbocycles. The average molecular weight is 267 g/mol. The first-order valence-electron chi connectivity index (χ1n) is 6.31. The van der Waals surface area contributed by atoms with Crippen molar-refractivity contribution in [1.82, 2.24) is 4.98 Å². The first-order chi connectivity index (χ1) is 9.65. The van der Waals surface area contributed by atoms with Crippen LogP contribution in [0.4, 0.5) is 4.39 Å². The van der Waals surface area contributed by atoms with Gasteiger partial charge in [-0.3, -0.25) is 0 Å². The van der Waals surface area contributed by atoms with Crippen molar-refractivity contribution in [2.45, 2.75) is 6.42 Å². The van der Waals surface area contributed by atoms with E-state index in [4.69, 9.17) is 0 Å². The highest BCUT2D eigenvalue weighted by Gasteiger charge is 2.26. The van der Waals surface area contributed by atoms with Crippen LogP contribution in [0.15, 0.2) is 36.4 Å². The Morgan fingerprint density at radius 3 is 2.85 bits per heavy atom. The first kappa shape index (κ1) is 11.2. The molecule has 20 heavy (non-hydrogen) atoms. The molecule has 4 heteroatoms. The monoisotopic (exact) mass is 267 g/mol. The highest BCUT2D eigenvalue weighted by Crippen LogP contribution is 2.41. The highest BCUT2D eigenvalue weighted by atomic mass is 19.1. The number of aromatic amines is 1. The van der Waals surface area contributed by atoms with Crippen molar-refractivity contribution in [3.8, 4) is 11.3 Å². The van der Waals surface area contributed by atoms with Crippen LogP contribution >= 0.6 is 0 Å². The van der Waals surface area contributed by atoms with Crippen LogP contribution < -0.4 is 0 Å². The number of hydrogen-bond acceptors (Lipinski definition) is 1. The van der Waals surface area contributed by atoms with Gasteiger partial charge in [-0.25, -0.2) is 9.18 Å².